The van der Waals surface area contributed by atoms with Gasteiger partial charge in [-0.25, -0.2) is 0 Å². The minimum Gasteiger partial charge on any atom is -0.347 e. The molecule has 0 saturated heterocycles. The summed E-state index contributed by atoms with van der Waals surface area (Å²) in [6.07, 6.45) is 4.52. The maximum Gasteiger partial charge on any atom is 0.180 e. The zero-order chi connectivity index (χ0) is 21.4. The number of nitrogens with zero attached hydrogens (tertiary/aromatic N) is 1. The second-order valence-corrected chi connectivity index (χ2v) is 9.10. The Kier molecular flexibility index (Phi) is 5.58. The maximum atomic E-state index is 13.1. The van der Waals surface area contributed by atoms with Gasteiger partial charge in [-0.2, -0.15) is 0 Å². The van der Waals surface area contributed by atoms with Crippen molar-refractivity contribution in [2.75, 3.05) is 11.9 Å². The predicted molar refractivity (Wildman–Crippen MR) is 124 cm³/mol. The molecule has 2 nitrogen and oxygen atoms in total. The number of hydrogen-bond donors (Lipinski definition) is 0. The number of aryl methyl sites for hydroxylation is 1. The quantitative estimate of drug-likeness (QED) is 0.547. The summed E-state index contributed by atoms with van der Waals surface area (Å²) in [6.45, 7) is 13.1. The molecule has 1 heterocycles. The molecule has 0 atom stereocenters. The predicted octanol–water partition coefficient (Wildman–Crippen LogP) is 6.49. The molecule has 0 amide bonds. The van der Waals surface area contributed by atoms with E-state index in [1.165, 1.54) is 22.4 Å². The Hall–Kier alpha value is -2.61. The number of carbonyl (C=O) groups is 1. The third-order valence-corrected chi connectivity index (χ3v) is 6.54. The zero-order valence-corrected chi connectivity index (χ0v) is 18.8. The number of carbonyl (C=O) groups excluding carboxylic acids is 1. The van der Waals surface area contributed by atoms with Crippen LogP contribution in [0.1, 0.15) is 57.7 Å². The molecule has 0 spiro atoms. The summed E-state index contributed by atoms with van der Waals surface area (Å²) >= 11 is 0. The summed E-state index contributed by atoms with van der Waals surface area (Å²) in [4.78, 5) is 15.3. The molecule has 29 heavy (non-hydrogen) atoms. The molecule has 0 unspecified atom stereocenters. The van der Waals surface area contributed by atoms with Gasteiger partial charge in [-0.05, 0) is 42.2 Å². The second kappa shape index (κ2) is 7.67. The van der Waals surface area contributed by atoms with E-state index in [-0.39, 0.29) is 16.6 Å². The van der Waals surface area contributed by atoms with Crippen LogP contribution in [0.3, 0.4) is 0 Å². The van der Waals surface area contributed by atoms with Crippen LogP contribution in [0.25, 0.3) is 0 Å². The monoisotopic (exact) mass is 387 g/mol. The Balaban J connectivity index is 1.98. The van der Waals surface area contributed by atoms with E-state index in [9.17, 15) is 4.79 Å². The van der Waals surface area contributed by atoms with Crippen LogP contribution in [0.5, 0.6) is 0 Å². The molecule has 1 aliphatic heterocycles. The highest BCUT2D eigenvalue weighted by Gasteiger charge is 2.38. The SMILES string of the molecule is CC/C(=C/C(=O)/C=C1/N(C)c2ccccc2C1(C)C)C(C)(C)c1ccccc1C. The fourth-order valence-electron chi connectivity index (χ4n) is 4.78. The average Bonchev–Trinajstić information content (AvgIpc) is 2.87. The van der Waals surface area contributed by atoms with Crippen molar-refractivity contribution in [3.05, 3.63) is 88.6 Å². The molecule has 2 aromatic rings. The smallest absolute Gasteiger partial charge is 0.180 e. The second-order valence-electron chi connectivity index (χ2n) is 9.10. The third kappa shape index (κ3) is 3.69. The molecular weight excluding hydrogens is 354 g/mol. The molecule has 152 valence electrons. The lowest BCUT2D eigenvalue weighted by atomic mass is 9.74. The number of fused-ring (bicyclic) bond motifs is 1. The average molecular weight is 388 g/mol. The van der Waals surface area contributed by atoms with E-state index in [0.29, 0.717) is 0 Å². The Morgan fingerprint density at radius 1 is 1.07 bits per heavy atom. The van der Waals surface area contributed by atoms with Gasteiger partial charge in [0.15, 0.2) is 5.78 Å². The molecular formula is C27H33NO. The first-order valence-corrected chi connectivity index (χ1v) is 10.5. The number of anilines is 1. The van der Waals surface area contributed by atoms with Crippen LogP contribution in [0.2, 0.25) is 0 Å². The van der Waals surface area contributed by atoms with Crippen molar-refractivity contribution in [2.45, 2.75) is 58.8 Å². The summed E-state index contributed by atoms with van der Waals surface area (Å²) in [5, 5.41) is 0. The number of allylic oxidation sites excluding steroid dienone is 4. The highest BCUT2D eigenvalue weighted by molar-refractivity contribution is 6.01. The van der Waals surface area contributed by atoms with Crippen molar-refractivity contribution in [1.29, 1.82) is 0 Å². The van der Waals surface area contributed by atoms with Crippen LogP contribution in [0, 0.1) is 6.92 Å². The molecule has 0 bridgehead atoms. The lowest BCUT2D eigenvalue weighted by Crippen LogP contribution is -2.24. The van der Waals surface area contributed by atoms with Gasteiger partial charge in [0.05, 0.1) is 0 Å². The van der Waals surface area contributed by atoms with Crippen LogP contribution < -0.4 is 4.90 Å². The lowest BCUT2D eigenvalue weighted by Gasteiger charge is -2.30. The summed E-state index contributed by atoms with van der Waals surface area (Å²) in [5.41, 5.74) is 6.81. The zero-order valence-electron chi connectivity index (χ0n) is 18.8. The van der Waals surface area contributed by atoms with E-state index in [1.54, 1.807) is 0 Å². The topological polar surface area (TPSA) is 20.3 Å². The number of likely N-dealkylation sites (N-methyl/N-ethyl adjacent to an activating group) is 1. The number of para-hydroxylation sites is 1. The molecule has 0 N–H and O–H groups in total. The van der Waals surface area contributed by atoms with Gasteiger partial charge in [0.1, 0.15) is 0 Å². The van der Waals surface area contributed by atoms with Gasteiger partial charge in [0, 0.05) is 35.3 Å². The van der Waals surface area contributed by atoms with E-state index in [1.807, 2.05) is 12.2 Å². The molecule has 0 radical (unpaired) electrons. The summed E-state index contributed by atoms with van der Waals surface area (Å²) in [6, 6.07) is 16.9. The Labute approximate surface area is 175 Å². The summed E-state index contributed by atoms with van der Waals surface area (Å²) < 4.78 is 0. The van der Waals surface area contributed by atoms with E-state index in [2.05, 4.69) is 102 Å². The van der Waals surface area contributed by atoms with Gasteiger partial charge in [-0.3, -0.25) is 4.79 Å². The fraction of sp³-hybridized carbons (Fsp3) is 0.370. The van der Waals surface area contributed by atoms with E-state index in [0.717, 1.165) is 17.7 Å². The van der Waals surface area contributed by atoms with Crippen LogP contribution in [-0.4, -0.2) is 12.8 Å². The van der Waals surface area contributed by atoms with Gasteiger partial charge in [-0.15, -0.1) is 0 Å². The Bertz CT molecular complexity index is 991. The van der Waals surface area contributed by atoms with Crippen molar-refractivity contribution in [1.82, 2.24) is 0 Å². The van der Waals surface area contributed by atoms with Crippen molar-refractivity contribution in [2.24, 2.45) is 0 Å². The largest absolute Gasteiger partial charge is 0.347 e. The van der Waals surface area contributed by atoms with Crippen LogP contribution in [-0.2, 0) is 15.6 Å². The number of rotatable bonds is 5. The first-order chi connectivity index (χ1) is 13.6. The van der Waals surface area contributed by atoms with Crippen LogP contribution in [0.4, 0.5) is 5.69 Å². The first kappa shape index (κ1) is 21.1. The normalized spacial score (nSPS) is 17.6. The number of benzene rings is 2. The van der Waals surface area contributed by atoms with Crippen LogP contribution in [0.15, 0.2) is 72.0 Å². The lowest BCUT2D eigenvalue weighted by molar-refractivity contribution is -0.110. The standard InChI is InChI=1S/C27H33NO/c1-8-20(26(3,4)22-14-10-9-13-19(22)2)17-21(29)18-25-27(5,6)23-15-11-12-16-24(23)28(25)7/h9-18H,8H2,1-7H3/b20-17-,25-18+. The molecule has 3 rings (SSSR count). The van der Waals surface area contributed by atoms with Crippen molar-refractivity contribution in [3.8, 4) is 0 Å². The first-order valence-electron chi connectivity index (χ1n) is 10.5. The number of hydrogen-bond acceptors (Lipinski definition) is 2. The highest BCUT2D eigenvalue weighted by Crippen LogP contribution is 2.46. The van der Waals surface area contributed by atoms with Crippen LogP contribution >= 0.6 is 0 Å². The molecule has 1 aliphatic rings. The Morgan fingerprint density at radius 3 is 2.31 bits per heavy atom. The van der Waals surface area contributed by atoms with Gasteiger partial charge < -0.3 is 4.90 Å². The van der Waals surface area contributed by atoms with Crippen molar-refractivity contribution < 1.29 is 4.79 Å². The molecule has 0 aliphatic carbocycles. The van der Waals surface area contributed by atoms with Gasteiger partial charge in [0.25, 0.3) is 0 Å². The van der Waals surface area contributed by atoms with Gasteiger partial charge >= 0.3 is 0 Å². The summed E-state index contributed by atoms with van der Waals surface area (Å²) in [7, 11) is 2.05. The van der Waals surface area contributed by atoms with Gasteiger partial charge in [0.2, 0.25) is 0 Å². The third-order valence-electron chi connectivity index (χ3n) is 6.54. The minimum absolute atomic E-state index is 0.0613. The van der Waals surface area contributed by atoms with Crippen molar-refractivity contribution >= 4 is 11.5 Å². The summed E-state index contributed by atoms with van der Waals surface area (Å²) in [5.74, 6) is 0.0613. The maximum absolute atomic E-state index is 13.1. The number of ketones is 1. The fourth-order valence-corrected chi connectivity index (χ4v) is 4.78. The van der Waals surface area contributed by atoms with E-state index < -0.39 is 0 Å². The van der Waals surface area contributed by atoms with Gasteiger partial charge in [-0.1, -0.05) is 82.7 Å². The minimum atomic E-state index is -0.188. The molecule has 2 heteroatoms. The Morgan fingerprint density at radius 2 is 1.69 bits per heavy atom. The van der Waals surface area contributed by atoms with Crippen molar-refractivity contribution in [3.63, 3.8) is 0 Å². The highest BCUT2D eigenvalue weighted by atomic mass is 16.1. The molecule has 0 aromatic heterocycles. The van der Waals surface area contributed by atoms with E-state index >= 15 is 0 Å². The molecule has 2 aromatic carbocycles. The molecule has 0 fully saturated rings. The molecule has 0 saturated carbocycles. The van der Waals surface area contributed by atoms with E-state index in [4.69, 9.17) is 0 Å².